The Bertz CT molecular complexity index is 487. The number of fused-ring (bicyclic) bond motifs is 1. The molecule has 0 spiro atoms. The number of halogens is 1. The zero-order valence-electron chi connectivity index (χ0n) is 7.16. The first-order chi connectivity index (χ1) is 6.66. The highest BCUT2D eigenvalue weighted by atomic mass is 79.9. The lowest BCUT2D eigenvalue weighted by Crippen LogP contribution is -1.99. The molecule has 14 heavy (non-hydrogen) atoms. The molecule has 1 heterocycles. The zero-order valence-corrected chi connectivity index (χ0v) is 8.74. The van der Waals surface area contributed by atoms with E-state index in [9.17, 15) is 4.79 Å². The first kappa shape index (κ1) is 9.27. The van der Waals surface area contributed by atoms with Crippen LogP contribution in [-0.4, -0.2) is 11.1 Å². The fraction of sp³-hybridized carbons (Fsp3) is 0.100. The molecule has 0 atom stereocenters. The van der Waals surface area contributed by atoms with Gasteiger partial charge in [-0.05, 0) is 33.6 Å². The Balaban J connectivity index is 2.49. The number of hydrogen-bond acceptors (Lipinski definition) is 2. The van der Waals surface area contributed by atoms with Crippen molar-refractivity contribution in [2.24, 2.45) is 0 Å². The molecule has 1 N–H and O–H groups in total. The van der Waals surface area contributed by atoms with Crippen LogP contribution in [0.25, 0.3) is 11.0 Å². The average Bonchev–Trinajstić information content (AvgIpc) is 2.47. The molecule has 2 rings (SSSR count). The fourth-order valence-corrected chi connectivity index (χ4v) is 1.73. The summed E-state index contributed by atoms with van der Waals surface area (Å²) in [7, 11) is 0. The average molecular weight is 255 g/mol. The third-order valence-electron chi connectivity index (χ3n) is 1.95. The summed E-state index contributed by atoms with van der Waals surface area (Å²) in [6.07, 6.45) is 1.63. The molecular weight excluding hydrogens is 248 g/mol. The molecule has 0 aliphatic carbocycles. The van der Waals surface area contributed by atoms with Gasteiger partial charge in [-0.2, -0.15) is 0 Å². The lowest BCUT2D eigenvalue weighted by Gasteiger charge is -1.96. The molecule has 72 valence electrons. The molecule has 0 amide bonds. The van der Waals surface area contributed by atoms with Crippen LogP contribution in [0.15, 0.2) is 33.4 Å². The Kier molecular flexibility index (Phi) is 2.29. The van der Waals surface area contributed by atoms with E-state index < -0.39 is 5.97 Å². The number of carbonyl (C=O) groups is 1. The summed E-state index contributed by atoms with van der Waals surface area (Å²) in [4.78, 5) is 10.5. The van der Waals surface area contributed by atoms with Crippen LogP contribution in [-0.2, 0) is 11.2 Å². The van der Waals surface area contributed by atoms with E-state index in [4.69, 9.17) is 9.52 Å². The Hall–Kier alpha value is -1.29. The molecule has 1 aromatic carbocycles. The van der Waals surface area contributed by atoms with Crippen molar-refractivity contribution >= 4 is 32.9 Å². The Morgan fingerprint density at radius 2 is 2.29 bits per heavy atom. The fourth-order valence-electron chi connectivity index (χ4n) is 1.33. The second-order valence-electron chi connectivity index (χ2n) is 2.98. The quantitative estimate of drug-likeness (QED) is 0.897. The van der Waals surface area contributed by atoms with Gasteiger partial charge in [0.05, 0.1) is 10.9 Å². The van der Waals surface area contributed by atoms with Crippen molar-refractivity contribution in [3.8, 4) is 0 Å². The summed E-state index contributed by atoms with van der Waals surface area (Å²) in [6.45, 7) is 0. The zero-order chi connectivity index (χ0) is 10.1. The van der Waals surface area contributed by atoms with Gasteiger partial charge < -0.3 is 9.52 Å². The summed E-state index contributed by atoms with van der Waals surface area (Å²) < 4.78 is 6.06. The van der Waals surface area contributed by atoms with Crippen molar-refractivity contribution in [3.63, 3.8) is 0 Å². The normalized spacial score (nSPS) is 10.6. The van der Waals surface area contributed by atoms with Gasteiger partial charge in [-0.1, -0.05) is 6.07 Å². The third-order valence-corrected chi connectivity index (χ3v) is 2.56. The summed E-state index contributed by atoms with van der Waals surface area (Å²) in [6, 6.07) is 5.35. The molecule has 4 heteroatoms. The van der Waals surface area contributed by atoms with Crippen LogP contribution in [0.5, 0.6) is 0 Å². The number of furan rings is 1. The van der Waals surface area contributed by atoms with E-state index in [2.05, 4.69) is 15.9 Å². The molecule has 0 saturated heterocycles. The highest BCUT2D eigenvalue weighted by Crippen LogP contribution is 2.26. The third kappa shape index (κ3) is 1.65. The lowest BCUT2D eigenvalue weighted by atomic mass is 10.1. The van der Waals surface area contributed by atoms with Crippen LogP contribution in [0.3, 0.4) is 0 Å². The SMILES string of the molecule is O=C(O)Cc1ccc2occ(Br)c2c1. The van der Waals surface area contributed by atoms with E-state index in [-0.39, 0.29) is 6.42 Å². The molecule has 0 unspecified atom stereocenters. The first-order valence-corrected chi connectivity index (χ1v) is 4.83. The minimum Gasteiger partial charge on any atom is -0.481 e. The van der Waals surface area contributed by atoms with Crippen LogP contribution in [0.2, 0.25) is 0 Å². The Morgan fingerprint density at radius 3 is 3.00 bits per heavy atom. The number of benzene rings is 1. The first-order valence-electron chi connectivity index (χ1n) is 4.04. The Morgan fingerprint density at radius 1 is 1.50 bits per heavy atom. The highest BCUT2D eigenvalue weighted by Gasteiger charge is 2.06. The van der Waals surface area contributed by atoms with E-state index in [1.165, 1.54) is 0 Å². The van der Waals surface area contributed by atoms with E-state index in [1.807, 2.05) is 6.07 Å². The monoisotopic (exact) mass is 254 g/mol. The standard InChI is InChI=1S/C10H7BrO3/c11-8-5-14-9-2-1-6(3-7(8)9)4-10(12)13/h1-3,5H,4H2,(H,12,13). The topological polar surface area (TPSA) is 50.4 Å². The second-order valence-corrected chi connectivity index (χ2v) is 3.84. The van der Waals surface area contributed by atoms with Gasteiger partial charge in [-0.15, -0.1) is 0 Å². The highest BCUT2D eigenvalue weighted by molar-refractivity contribution is 9.10. The van der Waals surface area contributed by atoms with Gasteiger partial charge in [0.15, 0.2) is 0 Å². The molecule has 0 aliphatic rings. The summed E-state index contributed by atoms with van der Waals surface area (Å²) in [5.74, 6) is -0.830. The van der Waals surface area contributed by atoms with Gasteiger partial charge >= 0.3 is 5.97 Å². The van der Waals surface area contributed by atoms with Crippen molar-refractivity contribution in [3.05, 3.63) is 34.5 Å². The lowest BCUT2D eigenvalue weighted by molar-refractivity contribution is -0.136. The molecule has 0 fully saturated rings. The molecule has 1 aromatic heterocycles. The van der Waals surface area contributed by atoms with Gasteiger partial charge in [-0.25, -0.2) is 0 Å². The molecule has 0 bridgehead atoms. The Labute approximate surface area is 88.5 Å². The van der Waals surface area contributed by atoms with Crippen LogP contribution in [0, 0.1) is 0 Å². The van der Waals surface area contributed by atoms with Crippen molar-refractivity contribution in [2.75, 3.05) is 0 Å². The van der Waals surface area contributed by atoms with Crippen molar-refractivity contribution in [2.45, 2.75) is 6.42 Å². The van der Waals surface area contributed by atoms with Crippen LogP contribution in [0.4, 0.5) is 0 Å². The number of carboxylic acids is 1. The number of aliphatic carboxylic acids is 1. The summed E-state index contributed by atoms with van der Waals surface area (Å²) in [5.41, 5.74) is 1.53. The smallest absolute Gasteiger partial charge is 0.307 e. The predicted octanol–water partition coefficient (Wildman–Crippen LogP) is 2.82. The summed E-state index contributed by atoms with van der Waals surface area (Å²) in [5, 5.41) is 9.53. The maximum atomic E-state index is 10.5. The van der Waals surface area contributed by atoms with Gasteiger partial charge in [0.2, 0.25) is 0 Å². The molecular formula is C10H7BrO3. The molecule has 3 nitrogen and oxygen atoms in total. The van der Waals surface area contributed by atoms with E-state index in [0.29, 0.717) is 0 Å². The van der Waals surface area contributed by atoms with Crippen molar-refractivity contribution in [1.29, 1.82) is 0 Å². The maximum absolute atomic E-state index is 10.5. The van der Waals surface area contributed by atoms with Crippen LogP contribution < -0.4 is 0 Å². The van der Waals surface area contributed by atoms with E-state index >= 15 is 0 Å². The van der Waals surface area contributed by atoms with Gasteiger partial charge in [0.1, 0.15) is 11.8 Å². The minimum absolute atomic E-state index is 0.0353. The second kappa shape index (κ2) is 3.46. The van der Waals surface area contributed by atoms with Crippen molar-refractivity contribution < 1.29 is 14.3 Å². The number of hydrogen-bond donors (Lipinski definition) is 1. The van der Waals surface area contributed by atoms with Crippen LogP contribution in [0.1, 0.15) is 5.56 Å². The van der Waals surface area contributed by atoms with Gasteiger partial charge in [0.25, 0.3) is 0 Å². The summed E-state index contributed by atoms with van der Waals surface area (Å²) >= 11 is 3.33. The van der Waals surface area contributed by atoms with Gasteiger partial charge in [-0.3, -0.25) is 4.79 Å². The largest absolute Gasteiger partial charge is 0.481 e. The number of carboxylic acid groups (broad SMARTS) is 1. The predicted molar refractivity (Wildman–Crippen MR) is 55.3 cm³/mol. The van der Waals surface area contributed by atoms with Crippen molar-refractivity contribution in [1.82, 2.24) is 0 Å². The number of rotatable bonds is 2. The molecule has 0 saturated carbocycles. The minimum atomic E-state index is -0.830. The molecule has 0 aliphatic heterocycles. The van der Waals surface area contributed by atoms with E-state index in [0.717, 1.165) is 21.0 Å². The molecule has 0 radical (unpaired) electrons. The van der Waals surface area contributed by atoms with Crippen LogP contribution >= 0.6 is 15.9 Å². The van der Waals surface area contributed by atoms with E-state index in [1.54, 1.807) is 18.4 Å². The van der Waals surface area contributed by atoms with Gasteiger partial charge in [0, 0.05) is 5.39 Å². The maximum Gasteiger partial charge on any atom is 0.307 e. The molecule has 2 aromatic rings.